The van der Waals surface area contributed by atoms with Crippen molar-refractivity contribution >= 4 is 22.7 Å². The molecule has 0 aliphatic heterocycles. The summed E-state index contributed by atoms with van der Waals surface area (Å²) in [6, 6.07) is 11.6. The highest BCUT2D eigenvalue weighted by Gasteiger charge is 2.15. The molecule has 30 heavy (non-hydrogen) atoms. The molecule has 0 spiro atoms. The number of esters is 1. The van der Waals surface area contributed by atoms with Gasteiger partial charge in [0.05, 0.1) is 18.6 Å². The number of nitrogens with zero attached hydrogens (tertiary/aromatic N) is 2. The predicted octanol–water partition coefficient (Wildman–Crippen LogP) is 2.83. The van der Waals surface area contributed by atoms with Crippen LogP contribution in [0.5, 0.6) is 5.75 Å². The molecule has 3 aromatic rings. The number of benzene rings is 2. The Morgan fingerprint density at radius 2 is 1.80 bits per heavy atom. The molecule has 0 unspecified atom stereocenters. The standard InChI is InChI=1S/C22H21N3O5/c1-14(2)22(28)30-13-4-3-12-29-16-10-8-15(9-11-16)20(26)17-6-5-7-18-19(17)21(27)24-25-23-18/h5-11H,1,3-4,12-13H2,2H3,(H,23,24,27). The zero-order valence-corrected chi connectivity index (χ0v) is 16.5. The van der Waals surface area contributed by atoms with Crippen LogP contribution in [-0.2, 0) is 9.53 Å². The smallest absolute Gasteiger partial charge is 0.333 e. The first-order chi connectivity index (χ1) is 14.5. The summed E-state index contributed by atoms with van der Waals surface area (Å²) < 4.78 is 10.7. The second kappa shape index (κ2) is 9.60. The Morgan fingerprint density at radius 1 is 1.07 bits per heavy atom. The van der Waals surface area contributed by atoms with Crippen LogP contribution in [0, 0.1) is 0 Å². The van der Waals surface area contributed by atoms with Crippen molar-refractivity contribution in [3.8, 4) is 5.75 Å². The molecule has 0 saturated heterocycles. The fraction of sp³-hybridized carbons (Fsp3) is 0.227. The van der Waals surface area contributed by atoms with E-state index in [0.29, 0.717) is 48.5 Å². The van der Waals surface area contributed by atoms with Crippen molar-refractivity contribution in [2.45, 2.75) is 19.8 Å². The van der Waals surface area contributed by atoms with Gasteiger partial charge in [0.2, 0.25) is 0 Å². The number of hydrogen-bond donors (Lipinski definition) is 1. The largest absolute Gasteiger partial charge is 0.494 e. The first-order valence-corrected chi connectivity index (χ1v) is 9.41. The Labute approximate surface area is 172 Å². The van der Waals surface area contributed by atoms with Crippen LogP contribution in [0.3, 0.4) is 0 Å². The maximum Gasteiger partial charge on any atom is 0.333 e. The normalized spacial score (nSPS) is 10.6. The molecule has 0 fully saturated rings. The molecule has 0 saturated carbocycles. The molecule has 0 aliphatic rings. The molecule has 3 rings (SSSR count). The van der Waals surface area contributed by atoms with Gasteiger partial charge in [-0.25, -0.2) is 9.89 Å². The molecule has 0 amide bonds. The minimum Gasteiger partial charge on any atom is -0.494 e. The van der Waals surface area contributed by atoms with Crippen molar-refractivity contribution in [3.63, 3.8) is 0 Å². The summed E-state index contributed by atoms with van der Waals surface area (Å²) in [5.74, 6) is -0.0616. The summed E-state index contributed by atoms with van der Waals surface area (Å²) in [6.45, 7) is 5.90. The Balaban J connectivity index is 1.57. The van der Waals surface area contributed by atoms with Gasteiger partial charge in [-0.2, -0.15) is 0 Å². The fourth-order valence-electron chi connectivity index (χ4n) is 2.77. The highest BCUT2D eigenvalue weighted by molar-refractivity contribution is 6.15. The lowest BCUT2D eigenvalue weighted by molar-refractivity contribution is -0.139. The quantitative estimate of drug-likeness (QED) is 0.251. The van der Waals surface area contributed by atoms with Gasteiger partial charge < -0.3 is 9.47 Å². The van der Waals surface area contributed by atoms with E-state index in [-0.39, 0.29) is 16.7 Å². The van der Waals surface area contributed by atoms with Crippen LogP contribution in [0.25, 0.3) is 10.9 Å². The van der Waals surface area contributed by atoms with Crippen LogP contribution < -0.4 is 10.3 Å². The third-order valence-electron chi connectivity index (χ3n) is 4.33. The third kappa shape index (κ3) is 4.96. The molecule has 1 heterocycles. The number of carbonyl (C=O) groups is 2. The number of hydrogen-bond acceptors (Lipinski definition) is 7. The summed E-state index contributed by atoms with van der Waals surface area (Å²) in [4.78, 5) is 36.2. The molecule has 0 radical (unpaired) electrons. The average molecular weight is 407 g/mol. The van der Waals surface area contributed by atoms with Crippen LogP contribution in [0.15, 0.2) is 59.4 Å². The first-order valence-electron chi connectivity index (χ1n) is 9.41. The molecule has 8 heteroatoms. The third-order valence-corrected chi connectivity index (χ3v) is 4.33. The van der Waals surface area contributed by atoms with E-state index in [1.165, 1.54) is 0 Å². The van der Waals surface area contributed by atoms with Gasteiger partial charge in [-0.3, -0.25) is 9.59 Å². The van der Waals surface area contributed by atoms with E-state index < -0.39 is 11.5 Å². The Bertz CT molecular complexity index is 1130. The van der Waals surface area contributed by atoms with Crippen molar-refractivity contribution < 1.29 is 19.1 Å². The van der Waals surface area contributed by atoms with Crippen molar-refractivity contribution in [3.05, 3.63) is 76.1 Å². The second-order valence-corrected chi connectivity index (χ2v) is 6.67. The Kier molecular flexibility index (Phi) is 6.69. The monoisotopic (exact) mass is 407 g/mol. The van der Waals surface area contributed by atoms with Gasteiger partial charge in [0.15, 0.2) is 5.78 Å². The number of carbonyl (C=O) groups excluding carboxylic acids is 2. The number of nitrogens with one attached hydrogen (secondary N) is 1. The first kappa shape index (κ1) is 20.9. The van der Waals surface area contributed by atoms with Crippen molar-refractivity contribution in [2.24, 2.45) is 0 Å². The second-order valence-electron chi connectivity index (χ2n) is 6.67. The Hall–Kier alpha value is -3.81. The number of ketones is 1. The van der Waals surface area contributed by atoms with E-state index in [1.807, 2.05) is 0 Å². The minimum atomic E-state index is -0.460. The van der Waals surface area contributed by atoms with Crippen LogP contribution >= 0.6 is 0 Å². The molecule has 0 bridgehead atoms. The van der Waals surface area contributed by atoms with Gasteiger partial charge in [0, 0.05) is 16.7 Å². The molecule has 2 aromatic carbocycles. The Morgan fingerprint density at radius 3 is 2.53 bits per heavy atom. The zero-order valence-electron chi connectivity index (χ0n) is 16.5. The van der Waals surface area contributed by atoms with Crippen molar-refractivity contribution in [2.75, 3.05) is 13.2 Å². The predicted molar refractivity (Wildman–Crippen MR) is 111 cm³/mol. The summed E-state index contributed by atoms with van der Waals surface area (Å²) in [7, 11) is 0. The molecule has 154 valence electrons. The van der Waals surface area contributed by atoms with E-state index in [0.717, 1.165) is 0 Å². The van der Waals surface area contributed by atoms with E-state index in [2.05, 4.69) is 22.0 Å². The lowest BCUT2D eigenvalue weighted by atomic mass is 10.00. The zero-order chi connectivity index (χ0) is 21.5. The van der Waals surface area contributed by atoms with E-state index in [9.17, 15) is 14.4 Å². The van der Waals surface area contributed by atoms with Crippen LogP contribution in [0.2, 0.25) is 0 Å². The number of aromatic nitrogens is 3. The minimum absolute atomic E-state index is 0.213. The van der Waals surface area contributed by atoms with Gasteiger partial charge in [-0.1, -0.05) is 23.9 Å². The van der Waals surface area contributed by atoms with Crippen molar-refractivity contribution in [1.82, 2.24) is 15.4 Å². The maximum absolute atomic E-state index is 12.9. The molecular formula is C22H21N3O5. The number of H-pyrrole nitrogens is 1. The van der Waals surface area contributed by atoms with Gasteiger partial charge in [-0.05, 0) is 50.1 Å². The van der Waals surface area contributed by atoms with E-state index in [1.54, 1.807) is 49.4 Å². The fourth-order valence-corrected chi connectivity index (χ4v) is 2.77. The van der Waals surface area contributed by atoms with E-state index in [4.69, 9.17) is 9.47 Å². The molecule has 0 atom stereocenters. The molecule has 0 aliphatic carbocycles. The summed E-state index contributed by atoms with van der Waals surface area (Å²) >= 11 is 0. The van der Waals surface area contributed by atoms with Crippen molar-refractivity contribution in [1.29, 1.82) is 0 Å². The molecule has 1 aromatic heterocycles. The summed E-state index contributed by atoms with van der Waals surface area (Å²) in [5, 5.41) is 9.84. The summed E-state index contributed by atoms with van der Waals surface area (Å²) in [6.07, 6.45) is 1.39. The number of aromatic amines is 1. The van der Waals surface area contributed by atoms with Gasteiger partial charge in [0.1, 0.15) is 11.3 Å². The van der Waals surface area contributed by atoms with Gasteiger partial charge >= 0.3 is 5.97 Å². The van der Waals surface area contributed by atoms with Gasteiger partial charge in [0.25, 0.3) is 5.56 Å². The average Bonchev–Trinajstić information content (AvgIpc) is 2.75. The number of unbranched alkanes of at least 4 members (excludes halogenated alkanes) is 1. The number of rotatable bonds is 9. The molecule has 8 nitrogen and oxygen atoms in total. The lowest BCUT2D eigenvalue weighted by Gasteiger charge is -2.08. The van der Waals surface area contributed by atoms with Crippen LogP contribution in [0.4, 0.5) is 0 Å². The SMILES string of the molecule is C=C(C)C(=O)OCCCCOc1ccc(C(=O)c2cccc3nn[nH]c(=O)c23)cc1. The molecular weight excluding hydrogens is 386 g/mol. The topological polar surface area (TPSA) is 111 Å². The number of ether oxygens (including phenoxy) is 2. The van der Waals surface area contributed by atoms with Gasteiger partial charge in [-0.15, -0.1) is 5.10 Å². The highest BCUT2D eigenvalue weighted by atomic mass is 16.5. The number of fused-ring (bicyclic) bond motifs is 1. The molecule has 1 N–H and O–H groups in total. The summed E-state index contributed by atoms with van der Waals surface area (Å²) in [5.41, 5.74) is 0.970. The van der Waals surface area contributed by atoms with Crippen LogP contribution in [-0.4, -0.2) is 40.4 Å². The van der Waals surface area contributed by atoms with E-state index >= 15 is 0 Å². The lowest BCUT2D eigenvalue weighted by Crippen LogP contribution is -2.14. The highest BCUT2D eigenvalue weighted by Crippen LogP contribution is 2.19. The maximum atomic E-state index is 12.9. The van der Waals surface area contributed by atoms with Crippen LogP contribution in [0.1, 0.15) is 35.7 Å².